The molecule has 7 nitrogen and oxygen atoms in total. The molecule has 1 aromatic heterocycles. The quantitative estimate of drug-likeness (QED) is 0.845. The maximum absolute atomic E-state index is 5.79. The van der Waals surface area contributed by atoms with Crippen LogP contribution in [0.25, 0.3) is 0 Å². The van der Waals surface area contributed by atoms with E-state index in [-0.39, 0.29) is 5.95 Å². The Morgan fingerprint density at radius 2 is 1.90 bits per heavy atom. The fourth-order valence-corrected chi connectivity index (χ4v) is 2.70. The zero-order chi connectivity index (χ0) is 13.8. The van der Waals surface area contributed by atoms with E-state index >= 15 is 0 Å². The molecule has 110 valence electrons. The highest BCUT2D eigenvalue weighted by molar-refractivity contribution is 5.42. The minimum atomic E-state index is 0.288. The van der Waals surface area contributed by atoms with Crippen LogP contribution in [0.1, 0.15) is 25.7 Å². The van der Waals surface area contributed by atoms with E-state index in [1.165, 1.54) is 12.8 Å². The van der Waals surface area contributed by atoms with E-state index in [0.29, 0.717) is 17.8 Å². The van der Waals surface area contributed by atoms with Gasteiger partial charge in [-0.25, -0.2) is 0 Å². The predicted molar refractivity (Wildman–Crippen MR) is 77.7 cm³/mol. The van der Waals surface area contributed by atoms with Crippen LogP contribution >= 0.6 is 0 Å². The minimum absolute atomic E-state index is 0.288. The number of nitrogens with one attached hydrogen (secondary N) is 1. The molecule has 0 radical (unpaired) electrons. The second-order valence-electron chi connectivity index (χ2n) is 5.45. The van der Waals surface area contributed by atoms with E-state index in [4.69, 9.17) is 10.5 Å². The second kappa shape index (κ2) is 6.21. The van der Waals surface area contributed by atoms with E-state index in [1.54, 1.807) is 0 Å². The highest BCUT2D eigenvalue weighted by Crippen LogP contribution is 2.19. The molecule has 0 atom stereocenters. The number of ether oxygens (including phenoxy) is 1. The fraction of sp³-hybridized carbons (Fsp3) is 0.769. The molecular formula is C13H22N6O. The predicted octanol–water partition coefficient (Wildman–Crippen LogP) is 0.892. The number of rotatable bonds is 4. The van der Waals surface area contributed by atoms with Crippen LogP contribution in [0.5, 0.6) is 0 Å². The van der Waals surface area contributed by atoms with E-state index in [1.807, 2.05) is 0 Å². The van der Waals surface area contributed by atoms with Crippen LogP contribution in [0.2, 0.25) is 0 Å². The van der Waals surface area contributed by atoms with Gasteiger partial charge in [0.15, 0.2) is 0 Å². The molecule has 2 fully saturated rings. The summed E-state index contributed by atoms with van der Waals surface area (Å²) in [6.07, 6.45) is 4.56. The molecule has 0 aliphatic carbocycles. The summed E-state index contributed by atoms with van der Waals surface area (Å²) in [5.41, 5.74) is 5.79. The summed E-state index contributed by atoms with van der Waals surface area (Å²) < 4.78 is 5.36. The number of nitrogens with two attached hydrogens (primary N) is 1. The summed E-state index contributed by atoms with van der Waals surface area (Å²) in [6, 6.07) is 0. The number of hydrogen-bond donors (Lipinski definition) is 2. The van der Waals surface area contributed by atoms with Crippen molar-refractivity contribution in [3.8, 4) is 0 Å². The van der Waals surface area contributed by atoms with Gasteiger partial charge in [-0.1, -0.05) is 0 Å². The maximum atomic E-state index is 5.79. The Kier molecular flexibility index (Phi) is 4.15. The molecular weight excluding hydrogens is 256 g/mol. The zero-order valence-electron chi connectivity index (χ0n) is 11.7. The van der Waals surface area contributed by atoms with Crippen LogP contribution in [0, 0.1) is 5.92 Å². The summed E-state index contributed by atoms with van der Waals surface area (Å²) >= 11 is 0. The first-order chi connectivity index (χ1) is 9.81. The van der Waals surface area contributed by atoms with Gasteiger partial charge in [-0.15, -0.1) is 0 Å². The Bertz CT molecular complexity index is 442. The molecule has 0 unspecified atom stereocenters. The van der Waals surface area contributed by atoms with Gasteiger partial charge in [0, 0.05) is 32.8 Å². The zero-order valence-corrected chi connectivity index (χ0v) is 11.7. The highest BCUT2D eigenvalue weighted by atomic mass is 16.5. The van der Waals surface area contributed by atoms with Crippen LogP contribution in [-0.2, 0) is 4.74 Å². The lowest BCUT2D eigenvalue weighted by atomic mass is 10.0. The van der Waals surface area contributed by atoms with Crippen molar-refractivity contribution in [3.05, 3.63) is 0 Å². The summed E-state index contributed by atoms with van der Waals surface area (Å²) in [4.78, 5) is 15.1. The van der Waals surface area contributed by atoms with Crippen molar-refractivity contribution in [3.63, 3.8) is 0 Å². The van der Waals surface area contributed by atoms with Gasteiger partial charge in [-0.2, -0.15) is 15.0 Å². The first kappa shape index (κ1) is 13.4. The molecule has 2 aliphatic heterocycles. The molecule has 3 rings (SSSR count). The summed E-state index contributed by atoms with van der Waals surface area (Å²) in [5, 5.41) is 3.29. The first-order valence-corrected chi connectivity index (χ1v) is 7.39. The summed E-state index contributed by atoms with van der Waals surface area (Å²) in [5.74, 6) is 2.20. The number of hydrogen-bond acceptors (Lipinski definition) is 7. The van der Waals surface area contributed by atoms with Crippen molar-refractivity contribution in [2.45, 2.75) is 25.7 Å². The number of aromatic nitrogens is 3. The van der Waals surface area contributed by atoms with E-state index in [9.17, 15) is 0 Å². The SMILES string of the molecule is Nc1nc(NCC2CCOCC2)nc(N2CCCC2)n1. The molecule has 1 aromatic rings. The molecule has 7 heteroatoms. The third-order valence-electron chi connectivity index (χ3n) is 3.92. The van der Waals surface area contributed by atoms with E-state index < -0.39 is 0 Å². The Morgan fingerprint density at radius 3 is 2.65 bits per heavy atom. The topological polar surface area (TPSA) is 89.2 Å². The number of anilines is 3. The lowest BCUT2D eigenvalue weighted by molar-refractivity contribution is 0.0699. The molecule has 0 saturated carbocycles. The lowest BCUT2D eigenvalue weighted by Gasteiger charge is -2.22. The van der Waals surface area contributed by atoms with Crippen molar-refractivity contribution in [2.24, 2.45) is 5.92 Å². The van der Waals surface area contributed by atoms with Crippen molar-refractivity contribution in [1.82, 2.24) is 15.0 Å². The molecule has 2 saturated heterocycles. The van der Waals surface area contributed by atoms with Gasteiger partial charge in [-0.05, 0) is 31.6 Å². The third kappa shape index (κ3) is 3.27. The van der Waals surface area contributed by atoms with Gasteiger partial charge in [0.05, 0.1) is 0 Å². The Labute approximate surface area is 118 Å². The van der Waals surface area contributed by atoms with Crippen molar-refractivity contribution >= 4 is 17.8 Å². The molecule has 2 aliphatic rings. The molecule has 20 heavy (non-hydrogen) atoms. The van der Waals surface area contributed by atoms with Crippen LogP contribution < -0.4 is 16.0 Å². The standard InChI is InChI=1S/C13H22N6O/c14-11-16-12(15-9-10-3-7-20-8-4-10)18-13(17-11)19-5-1-2-6-19/h10H,1-9H2,(H3,14,15,16,17,18). The Balaban J connectivity index is 1.63. The molecule has 0 amide bonds. The lowest BCUT2D eigenvalue weighted by Crippen LogP contribution is -2.25. The second-order valence-corrected chi connectivity index (χ2v) is 5.45. The van der Waals surface area contributed by atoms with Crippen molar-refractivity contribution in [1.29, 1.82) is 0 Å². The van der Waals surface area contributed by atoms with Gasteiger partial charge in [-0.3, -0.25) is 0 Å². The Morgan fingerprint density at radius 1 is 1.15 bits per heavy atom. The van der Waals surface area contributed by atoms with Gasteiger partial charge in [0.2, 0.25) is 17.8 Å². The van der Waals surface area contributed by atoms with Gasteiger partial charge >= 0.3 is 0 Å². The number of nitrogen functional groups attached to an aromatic ring is 1. The molecule has 3 heterocycles. The van der Waals surface area contributed by atoms with Gasteiger partial charge in [0.1, 0.15) is 0 Å². The third-order valence-corrected chi connectivity index (χ3v) is 3.92. The highest BCUT2D eigenvalue weighted by Gasteiger charge is 2.18. The van der Waals surface area contributed by atoms with Crippen molar-refractivity contribution < 1.29 is 4.74 Å². The fourth-order valence-electron chi connectivity index (χ4n) is 2.70. The molecule has 3 N–H and O–H groups in total. The molecule has 0 spiro atoms. The minimum Gasteiger partial charge on any atom is -0.381 e. The van der Waals surface area contributed by atoms with Crippen molar-refractivity contribution in [2.75, 3.05) is 48.8 Å². The van der Waals surface area contributed by atoms with Crippen LogP contribution in [0.4, 0.5) is 17.8 Å². The average molecular weight is 278 g/mol. The van der Waals surface area contributed by atoms with Gasteiger partial charge in [0.25, 0.3) is 0 Å². The van der Waals surface area contributed by atoms with E-state index in [2.05, 4.69) is 25.2 Å². The largest absolute Gasteiger partial charge is 0.381 e. The smallest absolute Gasteiger partial charge is 0.231 e. The molecule has 0 aromatic carbocycles. The number of nitrogens with zero attached hydrogens (tertiary/aromatic N) is 4. The van der Waals surface area contributed by atoms with Crippen LogP contribution in [0.3, 0.4) is 0 Å². The first-order valence-electron chi connectivity index (χ1n) is 7.39. The van der Waals surface area contributed by atoms with Crippen LogP contribution in [-0.4, -0.2) is 47.8 Å². The summed E-state index contributed by atoms with van der Waals surface area (Å²) in [7, 11) is 0. The molecule has 0 bridgehead atoms. The monoisotopic (exact) mass is 278 g/mol. The normalized spacial score (nSPS) is 20.3. The average Bonchev–Trinajstić information content (AvgIpc) is 3.00. The maximum Gasteiger partial charge on any atom is 0.231 e. The Hall–Kier alpha value is -1.63. The summed E-state index contributed by atoms with van der Waals surface area (Å²) in [6.45, 7) is 4.58. The van der Waals surface area contributed by atoms with Gasteiger partial charge < -0.3 is 20.7 Å². The van der Waals surface area contributed by atoms with Crippen LogP contribution in [0.15, 0.2) is 0 Å². The van der Waals surface area contributed by atoms with E-state index in [0.717, 1.165) is 45.7 Å².